The van der Waals surface area contributed by atoms with Crippen LogP contribution in [-0.4, -0.2) is 16.1 Å². The van der Waals surface area contributed by atoms with Crippen molar-refractivity contribution in [2.45, 2.75) is 12.8 Å². The molecule has 0 fully saturated rings. The third-order valence-electron chi connectivity index (χ3n) is 3.36. The lowest BCUT2D eigenvalue weighted by molar-refractivity contribution is -0.116. The van der Waals surface area contributed by atoms with Crippen LogP contribution in [0.4, 0.5) is 13.9 Å². The molecule has 24 heavy (non-hydrogen) atoms. The van der Waals surface area contributed by atoms with Crippen molar-refractivity contribution in [2.24, 2.45) is 0 Å². The van der Waals surface area contributed by atoms with Gasteiger partial charge in [-0.3, -0.25) is 4.79 Å². The highest BCUT2D eigenvalue weighted by Gasteiger charge is 2.13. The molecule has 0 saturated carbocycles. The van der Waals surface area contributed by atoms with Gasteiger partial charge in [-0.15, -0.1) is 10.2 Å². The Kier molecular flexibility index (Phi) is 4.90. The summed E-state index contributed by atoms with van der Waals surface area (Å²) in [7, 11) is 0. The Bertz CT molecular complexity index is 832. The summed E-state index contributed by atoms with van der Waals surface area (Å²) in [4.78, 5) is 11.9. The Morgan fingerprint density at radius 1 is 1.00 bits per heavy atom. The summed E-state index contributed by atoms with van der Waals surface area (Å²) in [5.74, 6) is -1.66. The van der Waals surface area contributed by atoms with E-state index in [0.29, 0.717) is 10.1 Å². The van der Waals surface area contributed by atoms with Gasteiger partial charge in [0.1, 0.15) is 16.6 Å². The summed E-state index contributed by atoms with van der Waals surface area (Å²) >= 11 is 1.24. The Hall–Kier alpha value is -2.67. The van der Waals surface area contributed by atoms with Gasteiger partial charge in [-0.25, -0.2) is 8.78 Å². The summed E-state index contributed by atoms with van der Waals surface area (Å²) in [5.41, 5.74) is 0.818. The van der Waals surface area contributed by atoms with Crippen molar-refractivity contribution in [1.29, 1.82) is 0 Å². The fourth-order valence-corrected chi connectivity index (χ4v) is 2.93. The van der Waals surface area contributed by atoms with Crippen molar-refractivity contribution in [3.8, 4) is 10.6 Å². The van der Waals surface area contributed by atoms with Gasteiger partial charge in [0, 0.05) is 17.5 Å². The fraction of sp³-hybridized carbons (Fsp3) is 0.118. The van der Waals surface area contributed by atoms with Crippen molar-refractivity contribution in [2.75, 3.05) is 5.32 Å². The molecule has 0 radical (unpaired) electrons. The van der Waals surface area contributed by atoms with Crippen molar-refractivity contribution < 1.29 is 13.6 Å². The van der Waals surface area contributed by atoms with E-state index in [2.05, 4.69) is 15.5 Å². The number of rotatable bonds is 5. The predicted molar refractivity (Wildman–Crippen MR) is 88.7 cm³/mol. The zero-order valence-corrected chi connectivity index (χ0v) is 13.3. The molecule has 1 aromatic heterocycles. The van der Waals surface area contributed by atoms with Crippen LogP contribution in [-0.2, 0) is 11.2 Å². The lowest BCUT2D eigenvalue weighted by Crippen LogP contribution is -2.13. The zero-order valence-electron chi connectivity index (χ0n) is 12.5. The van der Waals surface area contributed by atoms with Crippen LogP contribution >= 0.6 is 11.3 Å². The van der Waals surface area contributed by atoms with E-state index in [-0.39, 0.29) is 24.3 Å². The summed E-state index contributed by atoms with van der Waals surface area (Å²) in [5, 5.41) is 11.6. The fourth-order valence-electron chi connectivity index (χ4n) is 2.16. The van der Waals surface area contributed by atoms with Gasteiger partial charge in [0.25, 0.3) is 0 Å². The van der Waals surface area contributed by atoms with E-state index in [9.17, 15) is 13.6 Å². The predicted octanol–water partition coefficient (Wildman–Crippen LogP) is 4.05. The molecule has 3 aromatic rings. The van der Waals surface area contributed by atoms with Crippen LogP contribution in [0.2, 0.25) is 0 Å². The van der Waals surface area contributed by atoms with Crippen LogP contribution in [0.15, 0.2) is 48.5 Å². The highest BCUT2D eigenvalue weighted by Crippen LogP contribution is 2.26. The Balaban J connectivity index is 1.61. The number of amides is 1. The lowest BCUT2D eigenvalue weighted by Gasteiger charge is -2.04. The molecule has 0 aliphatic carbocycles. The third kappa shape index (κ3) is 3.80. The normalized spacial score (nSPS) is 10.6. The van der Waals surface area contributed by atoms with E-state index in [1.165, 1.54) is 29.5 Å². The van der Waals surface area contributed by atoms with Crippen LogP contribution in [0.5, 0.6) is 0 Å². The molecular weight excluding hydrogens is 332 g/mol. The van der Waals surface area contributed by atoms with Gasteiger partial charge in [0.2, 0.25) is 11.0 Å². The molecule has 122 valence electrons. The van der Waals surface area contributed by atoms with Gasteiger partial charge in [0.05, 0.1) is 0 Å². The Labute approximate surface area is 141 Å². The average Bonchev–Trinajstić information content (AvgIpc) is 3.03. The molecule has 1 amide bonds. The van der Waals surface area contributed by atoms with E-state index in [4.69, 9.17) is 0 Å². The lowest BCUT2D eigenvalue weighted by atomic mass is 10.1. The number of anilines is 1. The minimum absolute atomic E-state index is 0.0192. The van der Waals surface area contributed by atoms with Crippen LogP contribution in [0.3, 0.4) is 0 Å². The minimum Gasteiger partial charge on any atom is -0.301 e. The summed E-state index contributed by atoms with van der Waals surface area (Å²) in [6.07, 6.45) is -0.0627. The highest BCUT2D eigenvalue weighted by molar-refractivity contribution is 7.18. The maximum absolute atomic E-state index is 13.5. The Morgan fingerprint density at radius 2 is 1.71 bits per heavy atom. The summed E-state index contributed by atoms with van der Waals surface area (Å²) < 4.78 is 27.1. The molecule has 0 atom stereocenters. The van der Waals surface area contributed by atoms with Crippen molar-refractivity contribution in [1.82, 2.24) is 10.2 Å². The molecule has 7 heteroatoms. The molecule has 0 aliphatic heterocycles. The number of carbonyl (C=O) groups is 1. The number of carbonyl (C=O) groups excluding carboxylic acids is 1. The van der Waals surface area contributed by atoms with Crippen LogP contribution in [0.25, 0.3) is 10.6 Å². The van der Waals surface area contributed by atoms with Gasteiger partial charge < -0.3 is 5.32 Å². The molecule has 1 N–H and O–H groups in total. The molecular formula is C17H13F2N3OS. The van der Waals surface area contributed by atoms with Crippen LogP contribution in [0, 0.1) is 11.6 Å². The molecule has 0 unspecified atom stereocenters. The molecule has 3 rings (SSSR count). The SMILES string of the molecule is O=C(CCc1c(F)cccc1F)Nc1nnc(-c2ccccc2)s1. The molecule has 0 spiro atoms. The van der Waals surface area contributed by atoms with E-state index in [0.717, 1.165) is 5.56 Å². The third-order valence-corrected chi connectivity index (χ3v) is 4.24. The van der Waals surface area contributed by atoms with Crippen LogP contribution < -0.4 is 5.32 Å². The second kappa shape index (κ2) is 7.27. The number of nitrogens with zero attached hydrogens (tertiary/aromatic N) is 2. The van der Waals surface area contributed by atoms with E-state index in [1.54, 1.807) is 0 Å². The number of benzene rings is 2. The maximum Gasteiger partial charge on any atom is 0.226 e. The van der Waals surface area contributed by atoms with Gasteiger partial charge in [-0.1, -0.05) is 47.7 Å². The number of hydrogen-bond donors (Lipinski definition) is 1. The van der Waals surface area contributed by atoms with E-state index < -0.39 is 11.6 Å². The number of halogens is 2. The molecule has 4 nitrogen and oxygen atoms in total. The molecule has 0 bridgehead atoms. The van der Waals surface area contributed by atoms with Crippen molar-refractivity contribution in [3.63, 3.8) is 0 Å². The smallest absolute Gasteiger partial charge is 0.226 e. The first kappa shape index (κ1) is 16.2. The van der Waals surface area contributed by atoms with Crippen molar-refractivity contribution >= 4 is 22.4 Å². The second-order valence-electron chi connectivity index (χ2n) is 5.03. The van der Waals surface area contributed by atoms with Gasteiger partial charge in [0.15, 0.2) is 0 Å². The first-order chi connectivity index (χ1) is 11.6. The van der Waals surface area contributed by atoms with Crippen molar-refractivity contribution in [3.05, 3.63) is 65.7 Å². The summed E-state index contributed by atoms with van der Waals surface area (Å²) in [6.45, 7) is 0. The zero-order chi connectivity index (χ0) is 16.9. The van der Waals surface area contributed by atoms with E-state index in [1.807, 2.05) is 30.3 Å². The number of hydrogen-bond acceptors (Lipinski definition) is 4. The largest absolute Gasteiger partial charge is 0.301 e. The quantitative estimate of drug-likeness (QED) is 0.759. The van der Waals surface area contributed by atoms with Gasteiger partial charge in [-0.05, 0) is 18.6 Å². The molecule has 1 heterocycles. The number of nitrogens with one attached hydrogen (secondary N) is 1. The first-order valence-corrected chi connectivity index (χ1v) is 8.07. The highest BCUT2D eigenvalue weighted by atomic mass is 32.1. The molecule has 0 aliphatic rings. The average molecular weight is 345 g/mol. The maximum atomic E-state index is 13.5. The van der Waals surface area contributed by atoms with E-state index >= 15 is 0 Å². The number of aromatic nitrogens is 2. The van der Waals surface area contributed by atoms with Gasteiger partial charge in [-0.2, -0.15) is 0 Å². The minimum atomic E-state index is -0.648. The standard InChI is InChI=1S/C17H13F2N3OS/c18-13-7-4-8-14(19)12(13)9-10-15(23)20-17-22-21-16(24-17)11-5-2-1-3-6-11/h1-8H,9-10H2,(H,20,22,23). The Morgan fingerprint density at radius 3 is 2.42 bits per heavy atom. The monoisotopic (exact) mass is 345 g/mol. The molecule has 0 saturated heterocycles. The second-order valence-corrected chi connectivity index (χ2v) is 6.00. The topological polar surface area (TPSA) is 54.9 Å². The molecule has 2 aromatic carbocycles. The summed E-state index contributed by atoms with van der Waals surface area (Å²) in [6, 6.07) is 13.1. The van der Waals surface area contributed by atoms with Crippen LogP contribution in [0.1, 0.15) is 12.0 Å². The first-order valence-electron chi connectivity index (χ1n) is 7.25. The van der Waals surface area contributed by atoms with Gasteiger partial charge >= 0.3 is 0 Å².